The van der Waals surface area contributed by atoms with E-state index in [0.717, 1.165) is 5.57 Å². The van der Waals surface area contributed by atoms with Crippen molar-refractivity contribution in [3.63, 3.8) is 0 Å². The summed E-state index contributed by atoms with van der Waals surface area (Å²) >= 11 is 0. The summed E-state index contributed by atoms with van der Waals surface area (Å²) in [5.74, 6) is 1.22. The lowest BCUT2D eigenvalue weighted by molar-refractivity contribution is -0.150. The van der Waals surface area contributed by atoms with Crippen LogP contribution in [-0.4, -0.2) is 39.2 Å². The fourth-order valence-corrected chi connectivity index (χ4v) is 7.00. The predicted molar refractivity (Wildman–Crippen MR) is 83.6 cm³/mol. The first-order valence-electron chi connectivity index (χ1n) is 8.68. The predicted octanol–water partition coefficient (Wildman–Crippen LogP) is 0.972. The van der Waals surface area contributed by atoms with Crippen molar-refractivity contribution in [1.82, 2.24) is 0 Å². The van der Waals surface area contributed by atoms with E-state index in [2.05, 4.69) is 4.74 Å². The Morgan fingerprint density at radius 1 is 1.00 bits per heavy atom. The first kappa shape index (κ1) is 15.2. The van der Waals surface area contributed by atoms with E-state index in [9.17, 15) is 14.4 Å². The van der Waals surface area contributed by atoms with Crippen LogP contribution in [0.5, 0.6) is 0 Å². The van der Waals surface area contributed by atoms with Crippen LogP contribution in [0.25, 0.3) is 0 Å². The van der Waals surface area contributed by atoms with Crippen molar-refractivity contribution in [2.45, 2.75) is 0 Å². The molecule has 9 atom stereocenters. The van der Waals surface area contributed by atoms with E-state index >= 15 is 0 Å². The van der Waals surface area contributed by atoms with Gasteiger partial charge in [-0.15, -0.1) is 0 Å². The number of carbonyl (C=O) groups excluding carboxylic acids is 3. The topological polar surface area (TPSA) is 78.9 Å². The highest BCUT2D eigenvalue weighted by Crippen LogP contribution is 2.92. The Morgan fingerprint density at radius 3 is 2.40 bits per heavy atom. The van der Waals surface area contributed by atoms with Crippen molar-refractivity contribution in [3.05, 3.63) is 23.8 Å². The van der Waals surface area contributed by atoms with Crippen LogP contribution in [0.3, 0.4) is 0 Å². The van der Waals surface area contributed by atoms with E-state index in [1.807, 2.05) is 12.2 Å². The van der Waals surface area contributed by atoms with Crippen molar-refractivity contribution < 1.29 is 28.6 Å². The molecule has 0 amide bonds. The number of allylic oxidation sites excluding steroid dienone is 2. The first-order chi connectivity index (χ1) is 12.0. The molecule has 0 aromatic carbocycles. The Hall–Kier alpha value is -2.11. The molecule has 25 heavy (non-hydrogen) atoms. The molecule has 6 heteroatoms. The lowest BCUT2D eigenvalue weighted by Crippen LogP contribution is -2.34. The van der Waals surface area contributed by atoms with E-state index in [4.69, 9.17) is 9.47 Å². The zero-order valence-electron chi connectivity index (χ0n) is 14.3. The van der Waals surface area contributed by atoms with Gasteiger partial charge in [0.25, 0.3) is 0 Å². The molecular formula is C19H20O6. The molecule has 6 rings (SSSR count). The number of ether oxygens (including phenoxy) is 3. The molecule has 0 aliphatic heterocycles. The quantitative estimate of drug-likeness (QED) is 0.430. The summed E-state index contributed by atoms with van der Waals surface area (Å²) in [7, 11) is 4.20. The van der Waals surface area contributed by atoms with Gasteiger partial charge in [-0.2, -0.15) is 0 Å². The summed E-state index contributed by atoms with van der Waals surface area (Å²) in [5, 5.41) is 0. The van der Waals surface area contributed by atoms with Crippen molar-refractivity contribution >= 4 is 17.9 Å². The fraction of sp³-hybridized carbons (Fsp3) is 0.632. The molecule has 0 aromatic rings. The third-order valence-electron chi connectivity index (χ3n) is 7.53. The highest BCUT2D eigenvalue weighted by molar-refractivity contribution is 5.94. The molecule has 0 radical (unpaired) electrons. The van der Waals surface area contributed by atoms with E-state index in [1.54, 1.807) is 0 Å². The minimum absolute atomic E-state index is 0.0619. The summed E-state index contributed by atoms with van der Waals surface area (Å²) in [4.78, 5) is 36.2. The van der Waals surface area contributed by atoms with Crippen LogP contribution in [0.15, 0.2) is 23.8 Å². The van der Waals surface area contributed by atoms with Crippen LogP contribution < -0.4 is 0 Å². The number of hydrogen-bond acceptors (Lipinski definition) is 6. The van der Waals surface area contributed by atoms with Crippen LogP contribution in [0.2, 0.25) is 0 Å². The number of rotatable bonds is 4. The van der Waals surface area contributed by atoms with E-state index in [-0.39, 0.29) is 53.4 Å². The molecule has 6 bridgehead atoms. The van der Waals surface area contributed by atoms with Gasteiger partial charge in [-0.3, -0.25) is 4.79 Å². The minimum atomic E-state index is -0.448. The SMILES string of the molecule is COC(=O)/C=C/C1C2C3C4C(C(=O)OC)=CC3C3(C(=O)OC)C4C3C12. The summed E-state index contributed by atoms with van der Waals surface area (Å²) in [6.45, 7) is 0. The maximum atomic E-state index is 12.6. The largest absolute Gasteiger partial charge is 0.469 e. The van der Waals surface area contributed by atoms with E-state index in [0.29, 0.717) is 11.8 Å². The maximum absolute atomic E-state index is 12.6. The van der Waals surface area contributed by atoms with E-state index < -0.39 is 5.41 Å². The third kappa shape index (κ3) is 1.46. The summed E-state index contributed by atoms with van der Waals surface area (Å²) in [6, 6.07) is 0. The van der Waals surface area contributed by atoms with Crippen molar-refractivity contribution in [1.29, 1.82) is 0 Å². The van der Waals surface area contributed by atoms with Crippen molar-refractivity contribution in [2.75, 3.05) is 21.3 Å². The molecule has 5 fully saturated rings. The molecule has 0 aromatic heterocycles. The normalized spacial score (nSPS) is 49.3. The summed E-state index contributed by atoms with van der Waals surface area (Å²) in [5.41, 5.74) is 0.293. The Kier molecular flexibility index (Phi) is 2.75. The van der Waals surface area contributed by atoms with Gasteiger partial charge in [0.2, 0.25) is 0 Å². The van der Waals surface area contributed by atoms with Crippen molar-refractivity contribution in [3.8, 4) is 0 Å². The van der Waals surface area contributed by atoms with Crippen LogP contribution in [-0.2, 0) is 28.6 Å². The molecule has 6 aliphatic carbocycles. The van der Waals surface area contributed by atoms with Crippen LogP contribution >= 0.6 is 0 Å². The summed E-state index contributed by atoms with van der Waals surface area (Å²) in [6.07, 6.45) is 5.39. The standard InChI is InChI=1S/C19H20O6/c1-23-10(20)5-4-7-11-12(7)15-16-13-8(17(21)24-2)6-9(14(11)13)19(15,16)18(22)25-3/h4-7,9,11-16H,1-3H3/b5-4+. The van der Waals surface area contributed by atoms with Gasteiger partial charge in [-0.1, -0.05) is 12.2 Å². The van der Waals surface area contributed by atoms with E-state index in [1.165, 1.54) is 27.4 Å². The zero-order valence-corrected chi connectivity index (χ0v) is 14.3. The molecule has 0 saturated heterocycles. The molecule has 6 nitrogen and oxygen atoms in total. The molecular weight excluding hydrogens is 324 g/mol. The molecule has 0 spiro atoms. The second-order valence-electron chi connectivity index (χ2n) is 7.83. The smallest absolute Gasteiger partial charge is 0.333 e. The molecule has 0 heterocycles. The number of esters is 3. The van der Waals surface area contributed by atoms with Gasteiger partial charge in [0.05, 0.1) is 26.7 Å². The highest BCUT2D eigenvalue weighted by Gasteiger charge is 2.93. The monoisotopic (exact) mass is 344 g/mol. The highest BCUT2D eigenvalue weighted by atomic mass is 16.5. The van der Waals surface area contributed by atoms with Gasteiger partial charge >= 0.3 is 17.9 Å². The maximum Gasteiger partial charge on any atom is 0.333 e. The second-order valence-corrected chi connectivity index (χ2v) is 7.83. The number of carbonyl (C=O) groups is 3. The molecule has 5 saturated carbocycles. The fourth-order valence-electron chi connectivity index (χ4n) is 7.00. The van der Waals surface area contributed by atoms with Gasteiger partial charge in [-0.05, 0) is 47.3 Å². The average molecular weight is 344 g/mol. The Morgan fingerprint density at radius 2 is 1.76 bits per heavy atom. The Bertz CT molecular complexity index is 766. The Balaban J connectivity index is 1.50. The van der Waals surface area contributed by atoms with Crippen LogP contribution in [0.1, 0.15) is 0 Å². The lowest BCUT2D eigenvalue weighted by Gasteiger charge is -2.31. The molecule has 9 unspecified atom stereocenters. The molecule has 0 N–H and O–H groups in total. The van der Waals surface area contributed by atoms with Gasteiger partial charge in [0.1, 0.15) is 0 Å². The first-order valence-corrected chi connectivity index (χ1v) is 8.68. The number of methoxy groups -OCH3 is 3. The van der Waals surface area contributed by atoms with Gasteiger partial charge < -0.3 is 14.2 Å². The van der Waals surface area contributed by atoms with Crippen LogP contribution in [0.4, 0.5) is 0 Å². The lowest BCUT2D eigenvalue weighted by atomic mass is 9.72. The Labute approximate surface area is 145 Å². The van der Waals surface area contributed by atoms with Gasteiger partial charge in [0.15, 0.2) is 0 Å². The van der Waals surface area contributed by atoms with Gasteiger partial charge in [-0.25, -0.2) is 9.59 Å². The second kappa shape index (κ2) is 4.54. The molecule has 6 aliphatic rings. The van der Waals surface area contributed by atoms with Crippen LogP contribution in [0, 0.1) is 52.8 Å². The van der Waals surface area contributed by atoms with Crippen molar-refractivity contribution in [2.24, 2.45) is 52.8 Å². The molecule has 132 valence electrons. The summed E-state index contributed by atoms with van der Waals surface area (Å²) < 4.78 is 14.8. The number of hydrogen-bond donors (Lipinski definition) is 0. The zero-order chi connectivity index (χ0) is 17.7. The third-order valence-corrected chi connectivity index (χ3v) is 7.53. The average Bonchev–Trinajstić information content (AvgIpc) is 3.48. The minimum Gasteiger partial charge on any atom is -0.469 e. The van der Waals surface area contributed by atoms with Gasteiger partial charge in [0, 0.05) is 11.6 Å².